The summed E-state index contributed by atoms with van der Waals surface area (Å²) in [4.78, 5) is 5.00. The fourth-order valence-corrected chi connectivity index (χ4v) is 3.41. The van der Waals surface area contributed by atoms with Crippen LogP contribution in [0.15, 0.2) is 30.3 Å². The largest absolute Gasteiger partial charge is 0.374 e. The average Bonchev–Trinajstić information content (AvgIpc) is 2.57. The van der Waals surface area contributed by atoms with Crippen LogP contribution < -0.4 is 10.2 Å². The van der Waals surface area contributed by atoms with Crippen LogP contribution in [0.4, 0.5) is 5.69 Å². The summed E-state index contributed by atoms with van der Waals surface area (Å²) in [6.45, 7) is 6.20. The molecule has 2 heterocycles. The summed E-state index contributed by atoms with van der Waals surface area (Å²) in [7, 11) is 2.25. The normalized spacial score (nSPS) is 24.5. The van der Waals surface area contributed by atoms with Crippen LogP contribution in [0.25, 0.3) is 0 Å². The number of nitrogens with one attached hydrogen (secondary N) is 1. The summed E-state index contributed by atoms with van der Waals surface area (Å²) in [6, 6.07) is 11.5. The van der Waals surface area contributed by atoms with Crippen molar-refractivity contribution in [1.82, 2.24) is 10.2 Å². The van der Waals surface area contributed by atoms with Crippen molar-refractivity contribution >= 4 is 5.69 Å². The second-order valence-corrected chi connectivity index (χ2v) is 6.19. The van der Waals surface area contributed by atoms with Gasteiger partial charge < -0.3 is 19.9 Å². The van der Waals surface area contributed by atoms with Gasteiger partial charge in [0.1, 0.15) is 0 Å². The molecule has 0 amide bonds. The van der Waals surface area contributed by atoms with Crippen molar-refractivity contribution in [1.29, 1.82) is 0 Å². The van der Waals surface area contributed by atoms with E-state index >= 15 is 0 Å². The molecule has 0 spiro atoms. The highest BCUT2D eigenvalue weighted by atomic mass is 16.5. The molecule has 2 saturated heterocycles. The summed E-state index contributed by atoms with van der Waals surface area (Å²) >= 11 is 0. The Morgan fingerprint density at radius 1 is 1.24 bits per heavy atom. The lowest BCUT2D eigenvalue weighted by atomic mass is 10.0. The highest BCUT2D eigenvalue weighted by Crippen LogP contribution is 2.22. The average molecular weight is 289 g/mol. The third-order valence-electron chi connectivity index (χ3n) is 4.71. The molecule has 4 nitrogen and oxygen atoms in total. The lowest BCUT2D eigenvalue weighted by Crippen LogP contribution is -2.49. The van der Waals surface area contributed by atoms with E-state index in [0.29, 0.717) is 12.1 Å². The van der Waals surface area contributed by atoms with Crippen LogP contribution in [-0.4, -0.2) is 63.4 Å². The topological polar surface area (TPSA) is 27.7 Å². The van der Waals surface area contributed by atoms with Crippen molar-refractivity contribution in [2.24, 2.45) is 0 Å². The zero-order valence-corrected chi connectivity index (χ0v) is 13.0. The number of morpholine rings is 1. The molecule has 1 N–H and O–H groups in total. The fourth-order valence-electron chi connectivity index (χ4n) is 3.41. The van der Waals surface area contributed by atoms with E-state index in [-0.39, 0.29) is 0 Å². The minimum absolute atomic E-state index is 0.357. The van der Waals surface area contributed by atoms with Crippen LogP contribution in [0.5, 0.6) is 0 Å². The molecule has 2 fully saturated rings. The first-order valence-corrected chi connectivity index (χ1v) is 8.15. The molecule has 1 aromatic rings. The summed E-state index contributed by atoms with van der Waals surface area (Å²) in [5.74, 6) is 0. The Morgan fingerprint density at radius 2 is 2.00 bits per heavy atom. The molecule has 0 saturated carbocycles. The van der Waals surface area contributed by atoms with Gasteiger partial charge in [0, 0.05) is 44.5 Å². The molecule has 0 bridgehead atoms. The SMILES string of the molecule is CN(CC1CNCCO1)C1CCN(c2ccccc2)CC1. The number of piperidine rings is 1. The van der Waals surface area contributed by atoms with Gasteiger partial charge in [-0.25, -0.2) is 0 Å². The molecule has 3 rings (SSSR count). The first-order valence-electron chi connectivity index (χ1n) is 8.15. The molecule has 1 atom stereocenters. The molecule has 0 aliphatic carbocycles. The van der Waals surface area contributed by atoms with E-state index in [1.165, 1.54) is 18.5 Å². The maximum atomic E-state index is 5.82. The van der Waals surface area contributed by atoms with Crippen LogP contribution in [0.3, 0.4) is 0 Å². The Balaban J connectivity index is 1.46. The Bertz CT molecular complexity index is 411. The fraction of sp³-hybridized carbons (Fsp3) is 0.647. The molecule has 0 radical (unpaired) electrons. The monoisotopic (exact) mass is 289 g/mol. The third kappa shape index (κ3) is 3.96. The highest BCUT2D eigenvalue weighted by Gasteiger charge is 2.25. The van der Waals surface area contributed by atoms with Crippen molar-refractivity contribution in [3.8, 4) is 0 Å². The second kappa shape index (κ2) is 7.25. The molecule has 4 heteroatoms. The van der Waals surface area contributed by atoms with Gasteiger partial charge >= 0.3 is 0 Å². The Morgan fingerprint density at radius 3 is 2.67 bits per heavy atom. The van der Waals surface area contributed by atoms with E-state index in [1.807, 2.05) is 0 Å². The number of benzene rings is 1. The number of rotatable bonds is 4. The summed E-state index contributed by atoms with van der Waals surface area (Å²) in [6.07, 6.45) is 2.84. The van der Waals surface area contributed by atoms with E-state index < -0.39 is 0 Å². The summed E-state index contributed by atoms with van der Waals surface area (Å²) in [5.41, 5.74) is 1.36. The molecule has 2 aliphatic heterocycles. The van der Waals surface area contributed by atoms with Crippen LogP contribution in [0.2, 0.25) is 0 Å². The van der Waals surface area contributed by atoms with Crippen LogP contribution in [-0.2, 0) is 4.74 Å². The van der Waals surface area contributed by atoms with Crippen molar-refractivity contribution < 1.29 is 4.74 Å². The van der Waals surface area contributed by atoms with Gasteiger partial charge in [-0.1, -0.05) is 18.2 Å². The maximum Gasteiger partial charge on any atom is 0.0826 e. The number of para-hydroxylation sites is 1. The molecular formula is C17H27N3O. The first-order chi connectivity index (χ1) is 10.3. The second-order valence-electron chi connectivity index (χ2n) is 6.19. The predicted octanol–water partition coefficient (Wildman–Crippen LogP) is 1.58. The highest BCUT2D eigenvalue weighted by molar-refractivity contribution is 5.46. The van der Waals surface area contributed by atoms with Gasteiger partial charge in [0.05, 0.1) is 12.7 Å². The maximum absolute atomic E-state index is 5.82. The van der Waals surface area contributed by atoms with Gasteiger partial charge in [-0.05, 0) is 32.0 Å². The molecule has 0 aromatic heterocycles. The van der Waals surface area contributed by atoms with Gasteiger partial charge in [-0.15, -0.1) is 0 Å². The van der Waals surface area contributed by atoms with Gasteiger partial charge in [0.15, 0.2) is 0 Å². The van der Waals surface area contributed by atoms with Crippen molar-refractivity contribution in [3.63, 3.8) is 0 Å². The predicted molar refractivity (Wildman–Crippen MR) is 86.9 cm³/mol. The molecule has 21 heavy (non-hydrogen) atoms. The lowest BCUT2D eigenvalue weighted by Gasteiger charge is -2.39. The molecule has 116 valence electrons. The zero-order chi connectivity index (χ0) is 14.5. The molecule has 2 aliphatic rings. The molecule has 1 aromatic carbocycles. The number of anilines is 1. The van der Waals surface area contributed by atoms with E-state index in [4.69, 9.17) is 4.74 Å². The number of hydrogen-bond donors (Lipinski definition) is 1. The van der Waals surface area contributed by atoms with Crippen LogP contribution in [0.1, 0.15) is 12.8 Å². The minimum Gasteiger partial charge on any atom is -0.374 e. The molecule has 1 unspecified atom stereocenters. The molecular weight excluding hydrogens is 262 g/mol. The van der Waals surface area contributed by atoms with Gasteiger partial charge in [-0.3, -0.25) is 0 Å². The summed E-state index contributed by atoms with van der Waals surface area (Å²) in [5, 5.41) is 3.41. The van der Waals surface area contributed by atoms with Crippen molar-refractivity contribution in [2.75, 3.05) is 51.3 Å². The van der Waals surface area contributed by atoms with E-state index in [2.05, 4.69) is 52.5 Å². The van der Waals surface area contributed by atoms with Crippen molar-refractivity contribution in [3.05, 3.63) is 30.3 Å². The number of likely N-dealkylation sites (N-methyl/N-ethyl adjacent to an activating group) is 1. The van der Waals surface area contributed by atoms with Gasteiger partial charge in [0.2, 0.25) is 0 Å². The third-order valence-corrected chi connectivity index (χ3v) is 4.71. The number of nitrogens with zero attached hydrogens (tertiary/aromatic N) is 2. The van der Waals surface area contributed by atoms with E-state index in [0.717, 1.165) is 39.3 Å². The first kappa shape index (κ1) is 14.8. The van der Waals surface area contributed by atoms with Crippen LogP contribution in [0, 0.1) is 0 Å². The Kier molecular flexibility index (Phi) is 5.12. The summed E-state index contributed by atoms with van der Waals surface area (Å²) < 4.78 is 5.82. The quantitative estimate of drug-likeness (QED) is 0.911. The Hall–Kier alpha value is -1.10. The zero-order valence-electron chi connectivity index (χ0n) is 13.0. The van der Waals surface area contributed by atoms with Crippen molar-refractivity contribution in [2.45, 2.75) is 25.0 Å². The van der Waals surface area contributed by atoms with Gasteiger partial charge in [0.25, 0.3) is 0 Å². The smallest absolute Gasteiger partial charge is 0.0826 e. The minimum atomic E-state index is 0.357. The standard InChI is InChI=1S/C17H27N3O/c1-19(14-17-13-18-9-12-21-17)15-7-10-20(11-8-15)16-5-3-2-4-6-16/h2-6,15,17-18H,7-14H2,1H3. The van der Waals surface area contributed by atoms with E-state index in [9.17, 15) is 0 Å². The number of ether oxygens (including phenoxy) is 1. The number of hydrogen-bond acceptors (Lipinski definition) is 4. The van der Waals surface area contributed by atoms with E-state index in [1.54, 1.807) is 0 Å². The lowest BCUT2D eigenvalue weighted by molar-refractivity contribution is 0.000913. The Labute approximate surface area is 128 Å². The van der Waals surface area contributed by atoms with Crippen LogP contribution >= 0.6 is 0 Å². The van der Waals surface area contributed by atoms with Gasteiger partial charge in [-0.2, -0.15) is 0 Å².